The van der Waals surface area contributed by atoms with Gasteiger partial charge in [-0.3, -0.25) is 4.79 Å². The minimum absolute atomic E-state index is 0.283. The number of rotatable bonds is 3. The SMILES string of the molecule is CCC(=O)N1CCC(c2ccc(CCl)cc2)CC1. The largest absolute Gasteiger partial charge is 0.343 e. The summed E-state index contributed by atoms with van der Waals surface area (Å²) in [6, 6.07) is 8.57. The average molecular weight is 266 g/mol. The van der Waals surface area contributed by atoms with Crippen LogP contribution in [0.5, 0.6) is 0 Å². The molecule has 0 bridgehead atoms. The van der Waals surface area contributed by atoms with Crippen LogP contribution in [0.2, 0.25) is 0 Å². The van der Waals surface area contributed by atoms with Gasteiger partial charge in [-0.15, -0.1) is 11.6 Å². The van der Waals surface area contributed by atoms with Gasteiger partial charge < -0.3 is 4.90 Å². The van der Waals surface area contributed by atoms with Gasteiger partial charge in [-0.25, -0.2) is 0 Å². The molecule has 1 amide bonds. The van der Waals surface area contributed by atoms with Crippen LogP contribution in [0.25, 0.3) is 0 Å². The van der Waals surface area contributed by atoms with Crippen LogP contribution < -0.4 is 0 Å². The van der Waals surface area contributed by atoms with Crippen molar-refractivity contribution in [2.24, 2.45) is 0 Å². The molecule has 0 aromatic heterocycles. The molecule has 1 aromatic carbocycles. The predicted octanol–water partition coefficient (Wildman–Crippen LogP) is 3.54. The van der Waals surface area contributed by atoms with E-state index in [1.807, 2.05) is 11.8 Å². The number of likely N-dealkylation sites (tertiary alicyclic amines) is 1. The first kappa shape index (κ1) is 13.4. The van der Waals surface area contributed by atoms with E-state index in [9.17, 15) is 4.79 Å². The summed E-state index contributed by atoms with van der Waals surface area (Å²) in [4.78, 5) is 13.6. The highest BCUT2D eigenvalue weighted by Crippen LogP contribution is 2.28. The fourth-order valence-electron chi connectivity index (χ4n) is 2.56. The highest BCUT2D eigenvalue weighted by Gasteiger charge is 2.22. The number of amides is 1. The Kier molecular flexibility index (Phi) is 4.65. The second-order valence-electron chi connectivity index (χ2n) is 4.88. The van der Waals surface area contributed by atoms with Crippen molar-refractivity contribution < 1.29 is 4.79 Å². The molecule has 1 aromatic rings. The van der Waals surface area contributed by atoms with Gasteiger partial charge in [0.1, 0.15) is 0 Å². The number of benzene rings is 1. The van der Waals surface area contributed by atoms with Crippen LogP contribution in [-0.2, 0) is 10.7 Å². The van der Waals surface area contributed by atoms with Crippen molar-refractivity contribution in [3.63, 3.8) is 0 Å². The first-order chi connectivity index (χ1) is 8.74. The van der Waals surface area contributed by atoms with Crippen molar-refractivity contribution in [1.29, 1.82) is 0 Å². The molecule has 2 rings (SSSR count). The molecule has 0 aliphatic carbocycles. The van der Waals surface area contributed by atoms with Crippen LogP contribution in [0.15, 0.2) is 24.3 Å². The normalized spacial score (nSPS) is 16.9. The summed E-state index contributed by atoms with van der Waals surface area (Å²) in [5, 5.41) is 0. The van der Waals surface area contributed by atoms with E-state index in [0.717, 1.165) is 25.9 Å². The fraction of sp³-hybridized carbons (Fsp3) is 0.533. The van der Waals surface area contributed by atoms with Gasteiger partial charge in [0.2, 0.25) is 5.91 Å². The molecule has 1 heterocycles. The minimum atomic E-state index is 0.283. The Hall–Kier alpha value is -1.02. The van der Waals surface area contributed by atoms with E-state index in [0.29, 0.717) is 18.2 Å². The molecule has 0 spiro atoms. The zero-order valence-corrected chi connectivity index (χ0v) is 11.6. The highest BCUT2D eigenvalue weighted by atomic mass is 35.5. The molecule has 1 aliphatic rings. The second-order valence-corrected chi connectivity index (χ2v) is 5.15. The summed E-state index contributed by atoms with van der Waals surface area (Å²) >= 11 is 5.79. The lowest BCUT2D eigenvalue weighted by Gasteiger charge is -2.32. The van der Waals surface area contributed by atoms with Crippen molar-refractivity contribution in [1.82, 2.24) is 4.90 Å². The number of carbonyl (C=O) groups excluding carboxylic acids is 1. The molecule has 98 valence electrons. The molecular weight excluding hydrogens is 246 g/mol. The number of alkyl halides is 1. The molecule has 0 saturated carbocycles. The Balaban J connectivity index is 1.94. The minimum Gasteiger partial charge on any atom is -0.343 e. The van der Waals surface area contributed by atoms with E-state index in [-0.39, 0.29) is 5.91 Å². The highest BCUT2D eigenvalue weighted by molar-refractivity contribution is 6.17. The summed E-state index contributed by atoms with van der Waals surface area (Å²) in [7, 11) is 0. The maximum Gasteiger partial charge on any atom is 0.222 e. The maximum absolute atomic E-state index is 11.6. The average Bonchev–Trinajstić information content (AvgIpc) is 2.47. The quantitative estimate of drug-likeness (QED) is 0.766. The molecule has 1 saturated heterocycles. The van der Waals surface area contributed by atoms with Gasteiger partial charge in [0.15, 0.2) is 0 Å². The zero-order valence-electron chi connectivity index (χ0n) is 10.9. The van der Waals surface area contributed by atoms with E-state index >= 15 is 0 Å². The summed E-state index contributed by atoms with van der Waals surface area (Å²) in [6.45, 7) is 3.72. The van der Waals surface area contributed by atoms with Gasteiger partial charge in [0.05, 0.1) is 0 Å². The van der Waals surface area contributed by atoms with Crippen molar-refractivity contribution in [2.75, 3.05) is 13.1 Å². The monoisotopic (exact) mass is 265 g/mol. The molecular formula is C15H20ClNO. The Bertz CT molecular complexity index is 393. The van der Waals surface area contributed by atoms with Gasteiger partial charge in [-0.05, 0) is 29.9 Å². The first-order valence-electron chi connectivity index (χ1n) is 6.67. The van der Waals surface area contributed by atoms with E-state index in [1.54, 1.807) is 0 Å². The van der Waals surface area contributed by atoms with Crippen LogP contribution in [0.1, 0.15) is 43.2 Å². The molecule has 18 heavy (non-hydrogen) atoms. The first-order valence-corrected chi connectivity index (χ1v) is 7.20. The third-order valence-electron chi connectivity index (χ3n) is 3.76. The third-order valence-corrected chi connectivity index (χ3v) is 4.06. The Morgan fingerprint density at radius 3 is 2.39 bits per heavy atom. The van der Waals surface area contributed by atoms with Gasteiger partial charge in [-0.1, -0.05) is 31.2 Å². The second kappa shape index (κ2) is 6.24. The standard InChI is InChI=1S/C15H20ClNO/c1-2-15(18)17-9-7-14(8-10-17)13-5-3-12(11-16)4-6-13/h3-6,14H,2,7-11H2,1H3. The maximum atomic E-state index is 11.6. The van der Waals surface area contributed by atoms with Crippen LogP contribution in [0.4, 0.5) is 0 Å². The van der Waals surface area contributed by atoms with E-state index in [1.165, 1.54) is 11.1 Å². The van der Waals surface area contributed by atoms with Crippen LogP contribution in [0, 0.1) is 0 Å². The topological polar surface area (TPSA) is 20.3 Å². The lowest BCUT2D eigenvalue weighted by atomic mass is 9.89. The molecule has 0 unspecified atom stereocenters. The molecule has 1 aliphatic heterocycles. The lowest BCUT2D eigenvalue weighted by Crippen LogP contribution is -2.37. The van der Waals surface area contributed by atoms with Crippen LogP contribution in [0.3, 0.4) is 0 Å². The smallest absolute Gasteiger partial charge is 0.222 e. The van der Waals surface area contributed by atoms with Gasteiger partial charge in [0.25, 0.3) is 0 Å². The third kappa shape index (κ3) is 3.05. The number of hydrogen-bond acceptors (Lipinski definition) is 1. The molecule has 2 nitrogen and oxygen atoms in total. The van der Waals surface area contributed by atoms with Crippen molar-refractivity contribution >= 4 is 17.5 Å². The number of piperidine rings is 1. The summed E-state index contributed by atoms with van der Waals surface area (Å²) in [5.74, 6) is 1.45. The van der Waals surface area contributed by atoms with Gasteiger partial charge >= 0.3 is 0 Å². The fourth-order valence-corrected chi connectivity index (χ4v) is 2.74. The van der Waals surface area contributed by atoms with Gasteiger partial charge in [0, 0.05) is 25.4 Å². The molecule has 0 atom stereocenters. The van der Waals surface area contributed by atoms with E-state index < -0.39 is 0 Å². The van der Waals surface area contributed by atoms with Crippen molar-refractivity contribution in [2.45, 2.75) is 38.0 Å². The van der Waals surface area contributed by atoms with E-state index in [4.69, 9.17) is 11.6 Å². The Morgan fingerprint density at radius 2 is 1.89 bits per heavy atom. The number of halogens is 1. The molecule has 3 heteroatoms. The predicted molar refractivity (Wildman–Crippen MR) is 74.8 cm³/mol. The molecule has 0 N–H and O–H groups in total. The number of hydrogen-bond donors (Lipinski definition) is 0. The molecule has 0 radical (unpaired) electrons. The number of carbonyl (C=O) groups is 1. The van der Waals surface area contributed by atoms with Gasteiger partial charge in [-0.2, -0.15) is 0 Å². The summed E-state index contributed by atoms with van der Waals surface area (Å²) < 4.78 is 0. The zero-order chi connectivity index (χ0) is 13.0. The lowest BCUT2D eigenvalue weighted by molar-refractivity contribution is -0.131. The summed E-state index contributed by atoms with van der Waals surface area (Å²) in [6.07, 6.45) is 2.77. The molecule has 1 fully saturated rings. The summed E-state index contributed by atoms with van der Waals surface area (Å²) in [5.41, 5.74) is 2.55. The van der Waals surface area contributed by atoms with Crippen LogP contribution >= 0.6 is 11.6 Å². The number of nitrogens with zero attached hydrogens (tertiary/aromatic N) is 1. The Morgan fingerprint density at radius 1 is 1.28 bits per heavy atom. The Labute approximate surface area is 114 Å². The van der Waals surface area contributed by atoms with Crippen LogP contribution in [-0.4, -0.2) is 23.9 Å². The van der Waals surface area contributed by atoms with Crippen molar-refractivity contribution in [3.8, 4) is 0 Å². The van der Waals surface area contributed by atoms with E-state index in [2.05, 4.69) is 24.3 Å². The van der Waals surface area contributed by atoms with Crippen molar-refractivity contribution in [3.05, 3.63) is 35.4 Å².